The van der Waals surface area contributed by atoms with Crippen LogP contribution >= 0.6 is 0 Å². The smallest absolute Gasteiger partial charge is 0.260 e. The van der Waals surface area contributed by atoms with Gasteiger partial charge in [0, 0.05) is 43.6 Å². The van der Waals surface area contributed by atoms with Crippen molar-refractivity contribution >= 4 is 5.91 Å². The first-order valence-electron chi connectivity index (χ1n) is 10.1. The molecule has 2 aliphatic heterocycles. The fourth-order valence-corrected chi connectivity index (χ4v) is 4.72. The Morgan fingerprint density at radius 2 is 1.93 bits per heavy atom. The van der Waals surface area contributed by atoms with E-state index in [4.69, 9.17) is 9.47 Å². The molecule has 4 rings (SSSR count). The molecule has 2 saturated heterocycles. The van der Waals surface area contributed by atoms with Crippen LogP contribution in [0.15, 0.2) is 48.5 Å². The summed E-state index contributed by atoms with van der Waals surface area (Å²) in [5.74, 6) is 1.59. The zero-order valence-corrected chi connectivity index (χ0v) is 16.9. The van der Waals surface area contributed by atoms with Crippen LogP contribution in [0.4, 0.5) is 4.39 Å². The molecule has 2 fully saturated rings. The number of rotatable bonds is 5. The number of likely N-dealkylation sites (tertiary alicyclic amines) is 2. The summed E-state index contributed by atoms with van der Waals surface area (Å²) in [4.78, 5) is 17.1. The minimum absolute atomic E-state index is 0.0456. The van der Waals surface area contributed by atoms with Crippen LogP contribution in [0.3, 0.4) is 0 Å². The van der Waals surface area contributed by atoms with Crippen molar-refractivity contribution < 1.29 is 18.7 Å². The van der Waals surface area contributed by atoms with Crippen LogP contribution in [-0.4, -0.2) is 62.1 Å². The molecule has 0 aromatic heterocycles. The number of ether oxygens (including phenoxy) is 2. The van der Waals surface area contributed by atoms with Crippen molar-refractivity contribution in [2.24, 2.45) is 5.92 Å². The van der Waals surface area contributed by atoms with E-state index in [0.29, 0.717) is 23.6 Å². The van der Waals surface area contributed by atoms with Crippen molar-refractivity contribution in [3.05, 3.63) is 59.9 Å². The van der Waals surface area contributed by atoms with Crippen LogP contribution in [0.1, 0.15) is 17.9 Å². The number of piperidine rings is 1. The second-order valence-corrected chi connectivity index (χ2v) is 7.92. The summed E-state index contributed by atoms with van der Waals surface area (Å²) in [5, 5.41) is 0. The topological polar surface area (TPSA) is 42.0 Å². The summed E-state index contributed by atoms with van der Waals surface area (Å²) < 4.78 is 24.1. The van der Waals surface area contributed by atoms with Gasteiger partial charge in [-0.1, -0.05) is 18.2 Å². The molecule has 2 aromatic carbocycles. The van der Waals surface area contributed by atoms with Gasteiger partial charge in [0.05, 0.1) is 7.11 Å². The van der Waals surface area contributed by atoms with Crippen LogP contribution in [0.25, 0.3) is 0 Å². The first-order valence-corrected chi connectivity index (χ1v) is 10.1. The van der Waals surface area contributed by atoms with Gasteiger partial charge >= 0.3 is 0 Å². The van der Waals surface area contributed by atoms with Gasteiger partial charge in [-0.15, -0.1) is 0 Å². The van der Waals surface area contributed by atoms with Crippen LogP contribution in [0, 0.1) is 11.7 Å². The van der Waals surface area contributed by atoms with E-state index in [-0.39, 0.29) is 18.3 Å². The van der Waals surface area contributed by atoms with E-state index in [1.54, 1.807) is 19.2 Å². The summed E-state index contributed by atoms with van der Waals surface area (Å²) >= 11 is 0. The normalized spacial score (nSPS) is 24.2. The molecule has 3 atom stereocenters. The molecule has 0 bridgehead atoms. The van der Waals surface area contributed by atoms with Gasteiger partial charge < -0.3 is 19.3 Å². The summed E-state index contributed by atoms with van der Waals surface area (Å²) in [7, 11) is 3.84. The van der Waals surface area contributed by atoms with E-state index >= 15 is 0 Å². The van der Waals surface area contributed by atoms with Crippen molar-refractivity contribution in [1.82, 2.24) is 9.80 Å². The zero-order valence-electron chi connectivity index (χ0n) is 16.9. The Morgan fingerprint density at radius 3 is 2.66 bits per heavy atom. The largest absolute Gasteiger partial charge is 0.497 e. The van der Waals surface area contributed by atoms with Gasteiger partial charge in [-0.05, 0) is 43.3 Å². The number of benzene rings is 2. The third kappa shape index (κ3) is 4.22. The molecule has 0 saturated carbocycles. The van der Waals surface area contributed by atoms with Crippen molar-refractivity contribution in [1.29, 1.82) is 0 Å². The Morgan fingerprint density at radius 1 is 1.14 bits per heavy atom. The molecule has 0 radical (unpaired) electrons. The molecule has 0 N–H and O–H groups in total. The Bertz CT molecular complexity index is 857. The van der Waals surface area contributed by atoms with Gasteiger partial charge in [-0.2, -0.15) is 0 Å². The number of nitrogens with zero attached hydrogens (tertiary/aromatic N) is 2. The molecule has 6 heteroatoms. The number of carbonyl (C=O) groups excluding carboxylic acids is 1. The summed E-state index contributed by atoms with van der Waals surface area (Å²) in [6.45, 7) is 2.37. The van der Waals surface area contributed by atoms with Gasteiger partial charge in [0.15, 0.2) is 6.61 Å². The predicted octanol–water partition coefficient (Wildman–Crippen LogP) is 3.16. The van der Waals surface area contributed by atoms with Gasteiger partial charge in [0.1, 0.15) is 17.3 Å². The van der Waals surface area contributed by atoms with Gasteiger partial charge in [-0.25, -0.2) is 4.39 Å². The highest BCUT2D eigenvalue weighted by Crippen LogP contribution is 2.41. The molecule has 2 aliphatic rings. The summed E-state index contributed by atoms with van der Waals surface area (Å²) in [6.07, 6.45) is 0.958. The Balaban J connectivity index is 1.42. The maximum atomic E-state index is 13.3. The lowest BCUT2D eigenvalue weighted by Crippen LogP contribution is -2.49. The quantitative estimate of drug-likeness (QED) is 0.776. The van der Waals surface area contributed by atoms with Crippen LogP contribution in [0.2, 0.25) is 0 Å². The lowest BCUT2D eigenvalue weighted by Gasteiger charge is -2.38. The summed E-state index contributed by atoms with van der Waals surface area (Å²) in [5.41, 5.74) is 1.29. The summed E-state index contributed by atoms with van der Waals surface area (Å²) in [6, 6.07) is 14.6. The number of amides is 1. The first-order chi connectivity index (χ1) is 14.0. The number of carbonyl (C=O) groups is 1. The number of hydrogen-bond donors (Lipinski definition) is 0. The molecular formula is C23H27FN2O3. The lowest BCUT2D eigenvalue weighted by atomic mass is 9.82. The third-order valence-electron chi connectivity index (χ3n) is 6.24. The standard InChI is InChI=1S/C23H27FN2O3/c1-25-13-20(16-6-8-18(28-2)9-7-16)21-14-26(11-10-22(21)25)23(27)15-29-19-5-3-4-17(24)12-19/h3-9,12,20-22H,10-11,13-15H2,1-2H3/t20-,21-,22-/m1/s1. The van der Waals surface area contributed by atoms with Crippen molar-refractivity contribution in [2.75, 3.05) is 40.4 Å². The van der Waals surface area contributed by atoms with Gasteiger partial charge in [0.2, 0.25) is 0 Å². The number of methoxy groups -OCH3 is 1. The predicted molar refractivity (Wildman–Crippen MR) is 109 cm³/mol. The highest BCUT2D eigenvalue weighted by atomic mass is 19.1. The Labute approximate surface area is 171 Å². The molecule has 0 spiro atoms. The van der Waals surface area contributed by atoms with E-state index in [2.05, 4.69) is 24.1 Å². The minimum atomic E-state index is -0.368. The molecular weight excluding hydrogens is 371 g/mol. The second kappa shape index (κ2) is 8.41. The highest BCUT2D eigenvalue weighted by molar-refractivity contribution is 5.78. The third-order valence-corrected chi connectivity index (χ3v) is 6.24. The molecule has 2 aromatic rings. The fourth-order valence-electron chi connectivity index (χ4n) is 4.72. The number of hydrogen-bond acceptors (Lipinski definition) is 4. The van der Waals surface area contributed by atoms with Crippen LogP contribution in [-0.2, 0) is 4.79 Å². The molecule has 1 amide bonds. The van der Waals surface area contributed by atoms with Crippen molar-refractivity contribution in [3.8, 4) is 11.5 Å². The maximum absolute atomic E-state index is 13.3. The maximum Gasteiger partial charge on any atom is 0.260 e. The van der Waals surface area contributed by atoms with E-state index in [1.165, 1.54) is 17.7 Å². The monoisotopic (exact) mass is 398 g/mol. The second-order valence-electron chi connectivity index (χ2n) is 7.92. The first kappa shape index (κ1) is 19.7. The molecule has 0 aliphatic carbocycles. The van der Waals surface area contributed by atoms with Crippen molar-refractivity contribution in [3.63, 3.8) is 0 Å². The molecule has 2 heterocycles. The average Bonchev–Trinajstić information content (AvgIpc) is 3.08. The van der Waals surface area contributed by atoms with Crippen LogP contribution in [0.5, 0.6) is 11.5 Å². The van der Waals surface area contributed by atoms with E-state index in [0.717, 1.165) is 31.8 Å². The fraction of sp³-hybridized carbons (Fsp3) is 0.435. The SMILES string of the molecule is COc1ccc([C@H]2CN(C)[C@@H]3CCN(C(=O)COc4cccc(F)c4)C[C@H]23)cc1. The van der Waals surface area contributed by atoms with Crippen molar-refractivity contribution in [2.45, 2.75) is 18.4 Å². The van der Waals surface area contributed by atoms with Gasteiger partial charge in [0.25, 0.3) is 5.91 Å². The van der Waals surface area contributed by atoms with E-state index in [9.17, 15) is 9.18 Å². The molecule has 5 nitrogen and oxygen atoms in total. The molecule has 0 unspecified atom stereocenters. The van der Waals surface area contributed by atoms with E-state index in [1.807, 2.05) is 17.0 Å². The number of fused-ring (bicyclic) bond motifs is 1. The molecule has 29 heavy (non-hydrogen) atoms. The average molecular weight is 398 g/mol. The minimum Gasteiger partial charge on any atom is -0.497 e. The Hall–Kier alpha value is -2.60. The number of likely N-dealkylation sites (N-methyl/N-ethyl adjacent to an activating group) is 1. The Kier molecular flexibility index (Phi) is 5.72. The number of halogens is 1. The lowest BCUT2D eigenvalue weighted by molar-refractivity contribution is -0.135. The van der Waals surface area contributed by atoms with Gasteiger partial charge in [-0.3, -0.25) is 4.79 Å². The zero-order chi connectivity index (χ0) is 20.4. The molecule has 154 valence electrons. The van der Waals surface area contributed by atoms with E-state index < -0.39 is 0 Å². The van der Waals surface area contributed by atoms with Crippen LogP contribution < -0.4 is 9.47 Å². The highest BCUT2D eigenvalue weighted by Gasteiger charge is 2.44.